The van der Waals surface area contributed by atoms with Crippen LogP contribution in [-0.4, -0.2) is 23.3 Å². The van der Waals surface area contributed by atoms with Gasteiger partial charge < -0.3 is 10.5 Å². The molecule has 1 saturated heterocycles. The summed E-state index contributed by atoms with van der Waals surface area (Å²) in [6, 6.07) is 4.73. The fourth-order valence-electron chi connectivity index (χ4n) is 4.52. The molecule has 5 nitrogen and oxygen atoms in total. The Hall–Kier alpha value is -1.24. The Kier molecular flexibility index (Phi) is 2.53. The number of thioether (sulfide) groups is 1. The molecule has 6 heteroatoms. The molecule has 0 bridgehead atoms. The van der Waals surface area contributed by atoms with Crippen molar-refractivity contribution in [3.63, 3.8) is 0 Å². The average Bonchev–Trinajstić information content (AvgIpc) is 2.71. The molecule has 0 radical (unpaired) electrons. The first-order valence-corrected chi connectivity index (χ1v) is 7.82. The molecule has 0 unspecified atom stereocenters. The van der Waals surface area contributed by atoms with Crippen LogP contribution in [0.2, 0.25) is 0 Å². The van der Waals surface area contributed by atoms with Crippen LogP contribution in [0.4, 0.5) is 0 Å². The van der Waals surface area contributed by atoms with E-state index in [-0.39, 0.29) is 5.84 Å². The molecule has 2 N–H and O–H groups in total. The number of fused-ring (bicyclic) bond motifs is 2. The second kappa shape index (κ2) is 3.69. The molecule has 1 aliphatic carbocycles. The highest BCUT2D eigenvalue weighted by molar-refractivity contribution is 8.00. The SMILES string of the molecule is CC(C)C[C@@]1(C)[C@]2(C#N)C(N)=N[C@@]3(OCCS3)[C@]12C#N. The van der Waals surface area contributed by atoms with Crippen molar-refractivity contribution in [2.45, 2.75) is 32.2 Å². The summed E-state index contributed by atoms with van der Waals surface area (Å²) in [6.45, 7) is 6.73. The van der Waals surface area contributed by atoms with E-state index in [0.717, 1.165) is 12.2 Å². The van der Waals surface area contributed by atoms with Crippen LogP contribution in [0.5, 0.6) is 0 Å². The number of rotatable bonds is 2. The molecule has 0 amide bonds. The van der Waals surface area contributed by atoms with Crippen molar-refractivity contribution in [2.75, 3.05) is 12.4 Å². The quantitative estimate of drug-likeness (QED) is 0.837. The van der Waals surface area contributed by atoms with Gasteiger partial charge in [-0.1, -0.05) is 32.5 Å². The van der Waals surface area contributed by atoms with Crippen molar-refractivity contribution in [3.05, 3.63) is 0 Å². The van der Waals surface area contributed by atoms with Crippen LogP contribution in [0, 0.1) is 44.8 Å². The number of hydrogen-bond acceptors (Lipinski definition) is 6. The smallest absolute Gasteiger partial charge is 0.230 e. The molecule has 3 aliphatic rings. The summed E-state index contributed by atoms with van der Waals surface area (Å²) in [5, 5.41) is 18.8. The maximum Gasteiger partial charge on any atom is 0.230 e. The first kappa shape index (κ1) is 13.7. The predicted octanol–water partition coefficient (Wildman–Crippen LogP) is 1.86. The minimum Gasteiger partial charge on any atom is -0.386 e. The van der Waals surface area contributed by atoms with Crippen LogP contribution in [0.25, 0.3) is 0 Å². The fraction of sp³-hybridized carbons (Fsp3) is 0.786. The molecule has 0 aromatic carbocycles. The lowest BCUT2D eigenvalue weighted by Gasteiger charge is -2.30. The topological polar surface area (TPSA) is 95.2 Å². The minimum atomic E-state index is -1.00. The van der Waals surface area contributed by atoms with E-state index in [4.69, 9.17) is 10.5 Å². The first-order valence-electron chi connectivity index (χ1n) is 6.84. The number of aliphatic imine (C=N–C) groups is 1. The van der Waals surface area contributed by atoms with Gasteiger partial charge in [-0.2, -0.15) is 10.5 Å². The Morgan fingerprint density at radius 3 is 2.60 bits per heavy atom. The Bertz CT molecular complexity index is 583. The molecule has 0 aromatic rings. The Morgan fingerprint density at radius 1 is 1.45 bits per heavy atom. The molecule has 1 saturated carbocycles. The van der Waals surface area contributed by atoms with Crippen molar-refractivity contribution in [1.82, 2.24) is 0 Å². The fourth-order valence-corrected chi connectivity index (χ4v) is 5.93. The van der Waals surface area contributed by atoms with Gasteiger partial charge in [0.2, 0.25) is 5.06 Å². The lowest BCUT2D eigenvalue weighted by atomic mass is 9.84. The van der Waals surface area contributed by atoms with E-state index in [1.54, 1.807) is 0 Å². The van der Waals surface area contributed by atoms with Crippen LogP contribution in [-0.2, 0) is 4.74 Å². The average molecular weight is 290 g/mol. The van der Waals surface area contributed by atoms with E-state index >= 15 is 0 Å². The van der Waals surface area contributed by atoms with Gasteiger partial charge in [-0.25, -0.2) is 4.99 Å². The molecule has 2 heterocycles. The minimum absolute atomic E-state index is 0.277. The Balaban J connectivity index is 2.21. The maximum atomic E-state index is 9.93. The van der Waals surface area contributed by atoms with Gasteiger partial charge in [0.15, 0.2) is 5.41 Å². The van der Waals surface area contributed by atoms with Crippen LogP contribution in [0.1, 0.15) is 27.2 Å². The maximum absolute atomic E-state index is 9.93. The molecule has 3 rings (SSSR count). The molecule has 2 fully saturated rings. The van der Waals surface area contributed by atoms with Crippen LogP contribution < -0.4 is 5.73 Å². The largest absolute Gasteiger partial charge is 0.386 e. The lowest BCUT2D eigenvalue weighted by molar-refractivity contribution is 0.00715. The molecule has 2 aliphatic heterocycles. The second-order valence-electron chi connectivity index (χ2n) is 6.43. The van der Waals surface area contributed by atoms with Gasteiger partial charge in [0.1, 0.15) is 11.3 Å². The number of nitriles is 2. The number of nitrogens with two attached hydrogens (primary N) is 1. The normalized spacial score (nSPS) is 48.8. The summed E-state index contributed by atoms with van der Waals surface area (Å²) in [6.07, 6.45) is 0.760. The number of hydrogen-bond donors (Lipinski definition) is 1. The van der Waals surface area contributed by atoms with Crippen LogP contribution >= 0.6 is 11.8 Å². The van der Waals surface area contributed by atoms with Gasteiger partial charge in [-0.05, 0) is 12.3 Å². The van der Waals surface area contributed by atoms with E-state index in [9.17, 15) is 10.5 Å². The van der Waals surface area contributed by atoms with Crippen LogP contribution in [0.15, 0.2) is 4.99 Å². The monoisotopic (exact) mass is 290 g/mol. The Morgan fingerprint density at radius 2 is 2.15 bits per heavy atom. The summed E-state index contributed by atoms with van der Waals surface area (Å²) in [4.78, 5) is 4.43. The van der Waals surface area contributed by atoms with Gasteiger partial charge in [0.25, 0.3) is 0 Å². The van der Waals surface area contributed by atoms with E-state index in [1.807, 2.05) is 6.92 Å². The molecule has 1 spiro atoms. The second-order valence-corrected chi connectivity index (χ2v) is 7.68. The van der Waals surface area contributed by atoms with Crippen molar-refractivity contribution >= 4 is 17.6 Å². The number of ether oxygens (including phenoxy) is 1. The van der Waals surface area contributed by atoms with Gasteiger partial charge >= 0.3 is 0 Å². The summed E-state index contributed by atoms with van der Waals surface area (Å²) >= 11 is 1.51. The molecular weight excluding hydrogens is 272 g/mol. The summed E-state index contributed by atoms with van der Waals surface area (Å²) in [5.74, 6) is 1.43. The lowest BCUT2D eigenvalue weighted by Crippen LogP contribution is -2.36. The molecule has 106 valence electrons. The molecule has 20 heavy (non-hydrogen) atoms. The zero-order valence-electron chi connectivity index (χ0n) is 11.9. The summed E-state index contributed by atoms with van der Waals surface area (Å²) in [7, 11) is 0. The first-order chi connectivity index (χ1) is 9.37. The number of nitrogens with zero attached hydrogens (tertiary/aromatic N) is 3. The molecule has 0 aromatic heterocycles. The predicted molar refractivity (Wildman–Crippen MR) is 76.4 cm³/mol. The van der Waals surface area contributed by atoms with Gasteiger partial charge in [-0.3, -0.25) is 0 Å². The van der Waals surface area contributed by atoms with Crippen molar-refractivity contribution in [2.24, 2.45) is 32.9 Å². The highest BCUT2D eigenvalue weighted by Crippen LogP contribution is 2.88. The number of amidine groups is 1. The van der Waals surface area contributed by atoms with Crippen molar-refractivity contribution in [3.8, 4) is 12.1 Å². The standard InChI is InChI=1S/C14H18N4OS/c1-9(2)6-11(3)12(7-15)10(17)18-14(13(11,12)8-16)19-4-5-20-14/h9H,4-6H2,1-3H3,(H2,17,18)/t11-,12-,13+,14+/m0/s1. The zero-order chi connectivity index (χ0) is 14.8. The third-order valence-corrected chi connectivity index (χ3v) is 6.39. The Labute approximate surface area is 123 Å². The third-order valence-electron chi connectivity index (χ3n) is 5.11. The van der Waals surface area contributed by atoms with Gasteiger partial charge in [0.05, 0.1) is 18.7 Å². The molecular formula is C14H18N4OS. The van der Waals surface area contributed by atoms with E-state index in [2.05, 4.69) is 31.0 Å². The summed E-state index contributed by atoms with van der Waals surface area (Å²) < 4.78 is 5.85. The van der Waals surface area contributed by atoms with E-state index in [0.29, 0.717) is 12.5 Å². The highest BCUT2D eigenvalue weighted by Gasteiger charge is 2.98. The van der Waals surface area contributed by atoms with E-state index < -0.39 is 21.3 Å². The van der Waals surface area contributed by atoms with Gasteiger partial charge in [0, 0.05) is 11.2 Å². The third kappa shape index (κ3) is 1.02. The molecule has 4 atom stereocenters. The summed E-state index contributed by atoms with van der Waals surface area (Å²) in [5.41, 5.74) is 3.65. The van der Waals surface area contributed by atoms with E-state index in [1.165, 1.54) is 11.8 Å². The van der Waals surface area contributed by atoms with Crippen molar-refractivity contribution < 1.29 is 4.74 Å². The van der Waals surface area contributed by atoms with Gasteiger partial charge in [-0.15, -0.1) is 0 Å². The highest BCUT2D eigenvalue weighted by atomic mass is 32.2. The van der Waals surface area contributed by atoms with Crippen molar-refractivity contribution in [1.29, 1.82) is 10.5 Å². The zero-order valence-corrected chi connectivity index (χ0v) is 12.8. The van der Waals surface area contributed by atoms with Crippen LogP contribution in [0.3, 0.4) is 0 Å².